The Morgan fingerprint density at radius 3 is 1.76 bits per heavy atom. The first-order chi connectivity index (χ1) is 8.33. The summed E-state index contributed by atoms with van der Waals surface area (Å²) < 4.78 is 0. The second kappa shape index (κ2) is 4.09. The first kappa shape index (κ1) is 10.1. The molecule has 1 aromatic heterocycles. The third-order valence-electron chi connectivity index (χ3n) is 2.86. The van der Waals surface area contributed by atoms with E-state index in [1.165, 1.54) is 11.1 Å². The van der Waals surface area contributed by atoms with Crippen LogP contribution in [0.2, 0.25) is 0 Å². The third-order valence-corrected chi connectivity index (χ3v) is 2.86. The predicted octanol–water partition coefficient (Wildman–Crippen LogP) is 2.87. The molecule has 17 heavy (non-hydrogen) atoms. The van der Waals surface area contributed by atoms with E-state index in [-0.39, 0.29) is 0 Å². The average molecular weight is 223 g/mol. The van der Waals surface area contributed by atoms with E-state index in [1.54, 1.807) is 0 Å². The molecule has 0 fully saturated rings. The second-order valence-electron chi connectivity index (χ2n) is 4.18. The Hall–Kier alpha value is -2.03. The van der Waals surface area contributed by atoms with Gasteiger partial charge in [0.15, 0.2) is 11.6 Å². The van der Waals surface area contributed by atoms with Crippen LogP contribution in [0.15, 0.2) is 36.5 Å². The molecule has 0 saturated carbocycles. The maximum absolute atomic E-state index is 4.56. The lowest BCUT2D eigenvalue weighted by molar-refractivity contribution is 0.922. The zero-order chi connectivity index (χ0) is 11.7. The van der Waals surface area contributed by atoms with Gasteiger partial charge in [0, 0.05) is 11.1 Å². The maximum atomic E-state index is 4.56. The molecule has 1 heterocycles. The molecule has 0 bridgehead atoms. The van der Waals surface area contributed by atoms with Crippen LogP contribution in [-0.4, -0.2) is 15.0 Å². The van der Waals surface area contributed by atoms with E-state index in [0.29, 0.717) is 0 Å². The third kappa shape index (κ3) is 1.96. The highest BCUT2D eigenvalue weighted by atomic mass is 15.0. The number of nitrogens with zero attached hydrogens (tertiary/aromatic N) is 3. The number of hydrogen-bond donors (Lipinski definition) is 0. The van der Waals surface area contributed by atoms with Gasteiger partial charge in [0.25, 0.3) is 0 Å². The molecule has 0 aliphatic heterocycles. The molecule has 3 rings (SSSR count). The van der Waals surface area contributed by atoms with Crippen LogP contribution in [0.3, 0.4) is 0 Å². The van der Waals surface area contributed by atoms with Crippen molar-refractivity contribution in [2.75, 3.05) is 0 Å². The summed E-state index contributed by atoms with van der Waals surface area (Å²) in [5, 5.41) is 0. The fourth-order valence-electron chi connectivity index (χ4n) is 2.00. The summed E-state index contributed by atoms with van der Waals surface area (Å²) in [7, 11) is 0. The van der Waals surface area contributed by atoms with Crippen molar-refractivity contribution in [2.45, 2.75) is 19.8 Å². The highest BCUT2D eigenvalue weighted by Crippen LogP contribution is 2.24. The van der Waals surface area contributed by atoms with Crippen LogP contribution in [0.1, 0.15) is 30.3 Å². The highest BCUT2D eigenvalue weighted by molar-refractivity contribution is 5.69. The topological polar surface area (TPSA) is 38.7 Å². The Kier molecular flexibility index (Phi) is 2.44. The lowest BCUT2D eigenvalue weighted by Gasteiger charge is -2.06. The number of allylic oxidation sites excluding steroid dienone is 8. The summed E-state index contributed by atoms with van der Waals surface area (Å²) in [5.41, 5.74) is 2.34. The smallest absolute Gasteiger partial charge is 0.159 e. The minimum absolute atomic E-state index is 0.783. The van der Waals surface area contributed by atoms with Crippen molar-refractivity contribution in [3.05, 3.63) is 53.9 Å². The van der Waals surface area contributed by atoms with Crippen molar-refractivity contribution < 1.29 is 0 Å². The lowest BCUT2D eigenvalue weighted by Crippen LogP contribution is -2.03. The summed E-state index contributed by atoms with van der Waals surface area (Å²) in [6.45, 7) is 1.92. The molecule has 0 N–H and O–H groups in total. The van der Waals surface area contributed by atoms with Crippen LogP contribution < -0.4 is 0 Å². The van der Waals surface area contributed by atoms with Crippen molar-refractivity contribution in [1.29, 1.82) is 0 Å². The molecule has 0 spiro atoms. The van der Waals surface area contributed by atoms with Crippen LogP contribution in [0, 0.1) is 6.92 Å². The summed E-state index contributed by atoms with van der Waals surface area (Å²) in [4.78, 5) is 13.4. The van der Waals surface area contributed by atoms with Crippen molar-refractivity contribution >= 4 is 11.1 Å². The SMILES string of the molecule is Cc1nc(C2=CC=CC2)nc(C2=CC=CC2)n1. The number of aryl methyl sites for hydroxylation is 1. The Labute approximate surface area is 100 Å². The number of hydrogen-bond acceptors (Lipinski definition) is 3. The highest BCUT2D eigenvalue weighted by Gasteiger charge is 2.12. The van der Waals surface area contributed by atoms with Crippen LogP contribution in [-0.2, 0) is 0 Å². The molecule has 2 aliphatic rings. The zero-order valence-electron chi connectivity index (χ0n) is 9.72. The lowest BCUT2D eigenvalue weighted by atomic mass is 10.2. The molecule has 0 atom stereocenters. The van der Waals surface area contributed by atoms with E-state index < -0.39 is 0 Å². The van der Waals surface area contributed by atoms with Gasteiger partial charge in [-0.15, -0.1) is 0 Å². The zero-order valence-corrected chi connectivity index (χ0v) is 9.72. The molecule has 0 aromatic carbocycles. The molecule has 0 saturated heterocycles. The van der Waals surface area contributed by atoms with Crippen molar-refractivity contribution in [1.82, 2.24) is 15.0 Å². The average Bonchev–Trinajstić information content (AvgIpc) is 3.02. The van der Waals surface area contributed by atoms with Crippen LogP contribution in [0.4, 0.5) is 0 Å². The standard InChI is InChI=1S/C14H13N3/c1-10-15-13(11-6-2-3-7-11)17-14(16-10)12-8-4-5-9-12/h2-6,8H,7,9H2,1H3. The Morgan fingerprint density at radius 2 is 1.35 bits per heavy atom. The van der Waals surface area contributed by atoms with Gasteiger partial charge >= 0.3 is 0 Å². The quantitative estimate of drug-likeness (QED) is 0.773. The van der Waals surface area contributed by atoms with E-state index in [1.807, 2.05) is 19.1 Å². The first-order valence-electron chi connectivity index (χ1n) is 5.78. The Morgan fingerprint density at radius 1 is 0.824 bits per heavy atom. The summed E-state index contributed by atoms with van der Waals surface area (Å²) in [5.74, 6) is 2.40. The van der Waals surface area contributed by atoms with Crippen LogP contribution in [0.25, 0.3) is 11.1 Å². The molecule has 84 valence electrons. The van der Waals surface area contributed by atoms with E-state index in [4.69, 9.17) is 0 Å². The fourth-order valence-corrected chi connectivity index (χ4v) is 2.00. The summed E-state index contributed by atoms with van der Waals surface area (Å²) in [6, 6.07) is 0. The van der Waals surface area contributed by atoms with Crippen molar-refractivity contribution in [3.8, 4) is 0 Å². The van der Waals surface area contributed by atoms with Gasteiger partial charge in [-0.3, -0.25) is 0 Å². The summed E-state index contributed by atoms with van der Waals surface area (Å²) in [6.07, 6.45) is 14.3. The Balaban J connectivity index is 2.00. The van der Waals surface area contributed by atoms with Crippen molar-refractivity contribution in [2.24, 2.45) is 0 Å². The van der Waals surface area contributed by atoms with E-state index in [0.717, 1.165) is 30.3 Å². The van der Waals surface area contributed by atoms with Gasteiger partial charge in [-0.05, 0) is 19.8 Å². The minimum Gasteiger partial charge on any atom is -0.214 e. The van der Waals surface area contributed by atoms with Crippen molar-refractivity contribution in [3.63, 3.8) is 0 Å². The largest absolute Gasteiger partial charge is 0.214 e. The van der Waals surface area contributed by atoms with E-state index in [9.17, 15) is 0 Å². The van der Waals surface area contributed by atoms with E-state index >= 15 is 0 Å². The Bertz CT molecular complexity index is 529. The monoisotopic (exact) mass is 223 g/mol. The van der Waals surface area contributed by atoms with Crippen LogP contribution >= 0.6 is 0 Å². The van der Waals surface area contributed by atoms with E-state index in [2.05, 4.69) is 39.3 Å². The molecular weight excluding hydrogens is 210 g/mol. The molecule has 0 radical (unpaired) electrons. The van der Waals surface area contributed by atoms with Gasteiger partial charge in [0.1, 0.15) is 5.82 Å². The molecular formula is C14H13N3. The van der Waals surface area contributed by atoms with Gasteiger partial charge in [0.2, 0.25) is 0 Å². The number of aromatic nitrogens is 3. The number of rotatable bonds is 2. The molecule has 3 nitrogen and oxygen atoms in total. The van der Waals surface area contributed by atoms with Gasteiger partial charge in [-0.1, -0.05) is 36.5 Å². The predicted molar refractivity (Wildman–Crippen MR) is 68.0 cm³/mol. The van der Waals surface area contributed by atoms with Crippen LogP contribution in [0.5, 0.6) is 0 Å². The molecule has 3 heteroatoms. The van der Waals surface area contributed by atoms with Gasteiger partial charge in [0.05, 0.1) is 0 Å². The molecule has 0 unspecified atom stereocenters. The first-order valence-corrected chi connectivity index (χ1v) is 5.78. The summed E-state index contributed by atoms with van der Waals surface area (Å²) >= 11 is 0. The van der Waals surface area contributed by atoms with Gasteiger partial charge in [-0.25, -0.2) is 15.0 Å². The fraction of sp³-hybridized carbons (Fsp3) is 0.214. The van der Waals surface area contributed by atoms with Gasteiger partial charge < -0.3 is 0 Å². The second-order valence-corrected chi connectivity index (χ2v) is 4.18. The molecule has 1 aromatic rings. The van der Waals surface area contributed by atoms with Gasteiger partial charge in [-0.2, -0.15) is 0 Å². The molecule has 2 aliphatic carbocycles. The maximum Gasteiger partial charge on any atom is 0.159 e. The molecule has 0 amide bonds. The minimum atomic E-state index is 0.783. The normalized spacial score (nSPS) is 17.5.